The van der Waals surface area contributed by atoms with Crippen LogP contribution in [0.25, 0.3) is 16.6 Å². The van der Waals surface area contributed by atoms with E-state index in [2.05, 4.69) is 10.3 Å². The molecule has 0 unspecified atom stereocenters. The van der Waals surface area contributed by atoms with Crippen LogP contribution in [0.5, 0.6) is 0 Å². The molecule has 0 saturated heterocycles. The summed E-state index contributed by atoms with van der Waals surface area (Å²) in [5, 5.41) is 3.73. The van der Waals surface area contributed by atoms with E-state index in [-0.39, 0.29) is 22.5 Å². The van der Waals surface area contributed by atoms with Gasteiger partial charge in [-0.25, -0.2) is 9.37 Å². The van der Waals surface area contributed by atoms with Crippen molar-refractivity contribution in [2.45, 2.75) is 5.16 Å². The van der Waals surface area contributed by atoms with Crippen LogP contribution in [0.4, 0.5) is 10.1 Å². The van der Waals surface area contributed by atoms with Crippen molar-refractivity contribution in [1.29, 1.82) is 0 Å². The fourth-order valence-electron chi connectivity index (χ4n) is 2.93. The molecule has 1 amide bonds. The number of nitrogens with one attached hydrogen (secondary N) is 1. The van der Waals surface area contributed by atoms with Crippen molar-refractivity contribution >= 4 is 45.9 Å². The van der Waals surface area contributed by atoms with Crippen LogP contribution in [0.1, 0.15) is 0 Å². The van der Waals surface area contributed by atoms with E-state index in [1.807, 2.05) is 0 Å². The highest BCUT2D eigenvalue weighted by Gasteiger charge is 2.17. The Hall–Kier alpha value is -3.16. The minimum absolute atomic E-state index is 0.0372. The highest BCUT2D eigenvalue weighted by Crippen LogP contribution is 2.24. The Kier molecular flexibility index (Phi) is 5.83. The number of benzene rings is 3. The zero-order valence-corrected chi connectivity index (χ0v) is 17.1. The number of halogens is 2. The van der Waals surface area contributed by atoms with Gasteiger partial charge in [0, 0.05) is 0 Å². The van der Waals surface area contributed by atoms with Crippen molar-refractivity contribution in [3.63, 3.8) is 0 Å². The van der Waals surface area contributed by atoms with Gasteiger partial charge in [0.1, 0.15) is 5.82 Å². The first-order valence-electron chi connectivity index (χ1n) is 8.98. The lowest BCUT2D eigenvalue weighted by Crippen LogP contribution is -2.23. The second kappa shape index (κ2) is 8.69. The Labute approximate surface area is 180 Å². The zero-order chi connectivity index (χ0) is 21.1. The molecule has 0 saturated carbocycles. The summed E-state index contributed by atoms with van der Waals surface area (Å²) in [6.45, 7) is 0. The van der Waals surface area contributed by atoms with E-state index in [0.29, 0.717) is 21.6 Å². The van der Waals surface area contributed by atoms with Gasteiger partial charge in [0.2, 0.25) is 5.91 Å². The molecule has 4 aromatic rings. The van der Waals surface area contributed by atoms with E-state index >= 15 is 0 Å². The van der Waals surface area contributed by atoms with Crippen molar-refractivity contribution in [2.75, 3.05) is 11.1 Å². The van der Waals surface area contributed by atoms with Crippen LogP contribution < -0.4 is 10.9 Å². The average molecular weight is 440 g/mol. The molecule has 30 heavy (non-hydrogen) atoms. The highest BCUT2D eigenvalue weighted by atomic mass is 35.5. The third-order valence-electron chi connectivity index (χ3n) is 4.32. The topological polar surface area (TPSA) is 64.0 Å². The fourth-order valence-corrected chi connectivity index (χ4v) is 3.92. The Morgan fingerprint density at radius 1 is 1.03 bits per heavy atom. The van der Waals surface area contributed by atoms with Gasteiger partial charge in [0.25, 0.3) is 5.56 Å². The molecule has 0 atom stereocenters. The lowest BCUT2D eigenvalue weighted by Gasteiger charge is -2.14. The number of hydrogen-bond acceptors (Lipinski definition) is 4. The summed E-state index contributed by atoms with van der Waals surface area (Å²) in [6.07, 6.45) is 0. The molecular formula is C22H15ClFN3O2S. The molecule has 1 heterocycles. The van der Waals surface area contributed by atoms with Crippen molar-refractivity contribution in [1.82, 2.24) is 9.55 Å². The van der Waals surface area contributed by atoms with Gasteiger partial charge in [-0.05, 0) is 36.4 Å². The van der Waals surface area contributed by atoms with Crippen LogP contribution in [0, 0.1) is 5.82 Å². The van der Waals surface area contributed by atoms with Crippen molar-refractivity contribution in [3.8, 4) is 5.69 Å². The van der Waals surface area contributed by atoms with Crippen LogP contribution >= 0.6 is 23.4 Å². The number of fused-ring (bicyclic) bond motifs is 1. The number of amides is 1. The largest absolute Gasteiger partial charge is 0.324 e. The van der Waals surface area contributed by atoms with Gasteiger partial charge in [-0.3, -0.25) is 14.2 Å². The molecule has 0 aliphatic carbocycles. The highest BCUT2D eigenvalue weighted by molar-refractivity contribution is 7.99. The van der Waals surface area contributed by atoms with Crippen LogP contribution in [-0.4, -0.2) is 21.2 Å². The summed E-state index contributed by atoms with van der Waals surface area (Å²) in [5.41, 5.74) is 0.640. The number of rotatable bonds is 5. The smallest absolute Gasteiger partial charge is 0.266 e. The Balaban J connectivity index is 1.70. The molecule has 5 nitrogen and oxygen atoms in total. The van der Waals surface area contributed by atoms with Crippen LogP contribution in [0.3, 0.4) is 0 Å². The Bertz CT molecular complexity index is 1310. The zero-order valence-electron chi connectivity index (χ0n) is 15.5. The second-order valence-corrected chi connectivity index (χ2v) is 7.67. The first kappa shape index (κ1) is 20.1. The molecule has 0 aliphatic rings. The number of nitrogens with zero attached hydrogens (tertiary/aromatic N) is 2. The predicted molar refractivity (Wildman–Crippen MR) is 118 cm³/mol. The Morgan fingerprint density at radius 2 is 1.73 bits per heavy atom. The van der Waals surface area contributed by atoms with E-state index in [1.54, 1.807) is 60.7 Å². The van der Waals surface area contributed by atoms with Gasteiger partial charge >= 0.3 is 0 Å². The summed E-state index contributed by atoms with van der Waals surface area (Å²) in [5.74, 6) is -0.917. The fraction of sp³-hybridized carbons (Fsp3) is 0.0455. The van der Waals surface area contributed by atoms with Crippen LogP contribution in [0.15, 0.2) is 82.7 Å². The normalized spacial score (nSPS) is 10.9. The van der Waals surface area contributed by atoms with Crippen molar-refractivity contribution in [3.05, 3.63) is 94.0 Å². The number of carbonyl (C=O) groups excluding carboxylic acids is 1. The molecule has 0 bridgehead atoms. The number of thioether (sulfide) groups is 1. The van der Waals surface area contributed by atoms with Gasteiger partial charge in [-0.15, -0.1) is 0 Å². The maximum atomic E-state index is 14.5. The quantitative estimate of drug-likeness (QED) is 0.354. The minimum Gasteiger partial charge on any atom is -0.324 e. The second-order valence-electron chi connectivity index (χ2n) is 6.32. The molecule has 0 fully saturated rings. The van der Waals surface area contributed by atoms with E-state index in [0.717, 1.165) is 11.8 Å². The third-order valence-corrected chi connectivity index (χ3v) is 5.59. The van der Waals surface area contributed by atoms with Gasteiger partial charge < -0.3 is 5.32 Å². The lowest BCUT2D eigenvalue weighted by molar-refractivity contribution is -0.113. The summed E-state index contributed by atoms with van der Waals surface area (Å²) >= 11 is 7.12. The summed E-state index contributed by atoms with van der Waals surface area (Å²) < 4.78 is 15.7. The summed E-state index contributed by atoms with van der Waals surface area (Å²) in [6, 6.07) is 19.7. The third kappa shape index (κ3) is 4.08. The molecule has 4 rings (SSSR count). The molecular weight excluding hydrogens is 425 g/mol. The predicted octanol–water partition coefficient (Wildman–Crippen LogP) is 4.91. The molecule has 3 aromatic carbocycles. The van der Waals surface area contributed by atoms with Gasteiger partial charge in [0.15, 0.2) is 5.16 Å². The molecule has 8 heteroatoms. The van der Waals surface area contributed by atoms with E-state index < -0.39 is 11.4 Å². The lowest BCUT2D eigenvalue weighted by atomic mass is 10.2. The maximum Gasteiger partial charge on any atom is 0.266 e. The molecule has 0 spiro atoms. The number of anilines is 1. The minimum atomic E-state index is -0.556. The number of hydrogen-bond donors (Lipinski definition) is 1. The number of aromatic nitrogens is 2. The van der Waals surface area contributed by atoms with Crippen LogP contribution in [-0.2, 0) is 4.79 Å². The van der Waals surface area contributed by atoms with Crippen LogP contribution in [0.2, 0.25) is 5.02 Å². The first-order chi connectivity index (χ1) is 14.5. The molecule has 0 radical (unpaired) electrons. The number of carbonyl (C=O) groups is 1. The summed E-state index contributed by atoms with van der Waals surface area (Å²) in [4.78, 5) is 30.0. The van der Waals surface area contributed by atoms with E-state index in [4.69, 9.17) is 11.6 Å². The van der Waals surface area contributed by atoms with Gasteiger partial charge in [-0.2, -0.15) is 0 Å². The standard InChI is InChI=1S/C22H15ClFN3O2S/c23-15-8-2-5-11-18(15)25-20(28)13-30-22-26-17-10-4-1-7-14(17)21(29)27(22)19-12-6-3-9-16(19)24/h1-12H,13H2,(H,25,28). The molecule has 1 N–H and O–H groups in total. The first-order valence-corrected chi connectivity index (χ1v) is 10.3. The molecule has 150 valence electrons. The summed E-state index contributed by atoms with van der Waals surface area (Å²) in [7, 11) is 0. The molecule has 1 aromatic heterocycles. The van der Waals surface area contributed by atoms with Gasteiger partial charge in [0.05, 0.1) is 33.1 Å². The van der Waals surface area contributed by atoms with E-state index in [1.165, 1.54) is 16.7 Å². The van der Waals surface area contributed by atoms with Gasteiger partial charge in [-0.1, -0.05) is 59.8 Å². The SMILES string of the molecule is O=C(CSc1nc2ccccc2c(=O)n1-c1ccccc1F)Nc1ccccc1Cl. The molecule has 0 aliphatic heterocycles. The Morgan fingerprint density at radius 3 is 2.53 bits per heavy atom. The number of para-hydroxylation sites is 3. The van der Waals surface area contributed by atoms with E-state index in [9.17, 15) is 14.0 Å². The maximum absolute atomic E-state index is 14.5. The van der Waals surface area contributed by atoms with Crippen molar-refractivity contribution < 1.29 is 9.18 Å². The monoisotopic (exact) mass is 439 g/mol. The van der Waals surface area contributed by atoms with Crippen molar-refractivity contribution in [2.24, 2.45) is 0 Å². The average Bonchev–Trinajstić information content (AvgIpc) is 2.75.